The first kappa shape index (κ1) is 21.6. The lowest BCUT2D eigenvalue weighted by Crippen LogP contribution is -2.50. The van der Waals surface area contributed by atoms with Gasteiger partial charge in [0.05, 0.1) is 14.2 Å². The van der Waals surface area contributed by atoms with E-state index in [0.29, 0.717) is 24.0 Å². The molecule has 152 valence electrons. The number of nitrogens with zero attached hydrogens (tertiary/aromatic N) is 1. The Kier molecular flexibility index (Phi) is 7.70. The maximum Gasteiger partial charge on any atom is 0.195 e. The lowest BCUT2D eigenvalue weighted by Gasteiger charge is -2.31. The zero-order valence-electron chi connectivity index (χ0n) is 17.7. The van der Waals surface area contributed by atoms with E-state index in [-0.39, 0.29) is 11.6 Å². The molecule has 0 aliphatic rings. The van der Waals surface area contributed by atoms with Gasteiger partial charge in [-0.05, 0) is 38.5 Å². The van der Waals surface area contributed by atoms with Gasteiger partial charge in [-0.1, -0.05) is 30.3 Å². The fourth-order valence-corrected chi connectivity index (χ4v) is 3.00. The number of nitrogens with one attached hydrogen (secondary N) is 3. The lowest BCUT2D eigenvalue weighted by atomic mass is 10.0. The number of rotatable bonds is 8. The zero-order valence-corrected chi connectivity index (χ0v) is 17.7. The van der Waals surface area contributed by atoms with E-state index in [2.05, 4.69) is 66.0 Å². The summed E-state index contributed by atoms with van der Waals surface area (Å²) in [6.45, 7) is 7.22. The second kappa shape index (κ2) is 9.99. The molecule has 2 aromatic carbocycles. The summed E-state index contributed by atoms with van der Waals surface area (Å²) < 4.78 is 10.6. The van der Waals surface area contributed by atoms with Gasteiger partial charge >= 0.3 is 0 Å². The van der Waals surface area contributed by atoms with Crippen LogP contribution in [0.1, 0.15) is 32.4 Å². The van der Waals surface area contributed by atoms with Crippen molar-refractivity contribution in [3.63, 3.8) is 0 Å². The molecule has 1 atom stereocenters. The van der Waals surface area contributed by atoms with Crippen LogP contribution in [0.4, 0.5) is 5.69 Å². The first-order valence-corrected chi connectivity index (χ1v) is 9.41. The van der Waals surface area contributed by atoms with Gasteiger partial charge in [0.15, 0.2) is 17.5 Å². The molecule has 0 fully saturated rings. The summed E-state index contributed by atoms with van der Waals surface area (Å²) in [4.78, 5) is 4.32. The number of anilines is 1. The highest BCUT2D eigenvalue weighted by molar-refractivity contribution is 5.93. The van der Waals surface area contributed by atoms with Gasteiger partial charge in [0.2, 0.25) is 0 Å². The molecule has 0 aromatic heterocycles. The van der Waals surface area contributed by atoms with E-state index >= 15 is 0 Å². The highest BCUT2D eigenvalue weighted by Gasteiger charge is 2.21. The average Bonchev–Trinajstić information content (AvgIpc) is 2.71. The summed E-state index contributed by atoms with van der Waals surface area (Å²) >= 11 is 0. The summed E-state index contributed by atoms with van der Waals surface area (Å²) in [5.41, 5.74) is 2.00. The smallest absolute Gasteiger partial charge is 0.195 e. The molecule has 3 N–H and O–H groups in total. The summed E-state index contributed by atoms with van der Waals surface area (Å²) in [6.07, 6.45) is 0. The quantitative estimate of drug-likeness (QED) is 0.477. The third-order valence-corrected chi connectivity index (χ3v) is 4.47. The van der Waals surface area contributed by atoms with E-state index in [4.69, 9.17) is 9.47 Å². The van der Waals surface area contributed by atoms with Crippen LogP contribution < -0.4 is 25.4 Å². The standard InChI is InChI=1S/C22H32N4O2/c1-16(17-10-8-7-9-11-17)26-22(2,3)15-24-21(23-4)25-18-12-13-19(27-5)20(14-18)28-6/h7-14,16,26H,15H2,1-6H3,(H2,23,24,25). The van der Waals surface area contributed by atoms with E-state index in [1.54, 1.807) is 21.3 Å². The molecule has 0 radical (unpaired) electrons. The number of ether oxygens (including phenoxy) is 2. The van der Waals surface area contributed by atoms with Crippen LogP contribution in [0.15, 0.2) is 53.5 Å². The Morgan fingerprint density at radius 1 is 1.04 bits per heavy atom. The molecule has 2 rings (SSSR count). The van der Waals surface area contributed by atoms with Crippen LogP contribution in [0.2, 0.25) is 0 Å². The summed E-state index contributed by atoms with van der Waals surface area (Å²) in [7, 11) is 5.00. The molecular formula is C22H32N4O2. The first-order chi connectivity index (χ1) is 13.4. The monoisotopic (exact) mass is 384 g/mol. The molecule has 6 heteroatoms. The normalized spacial score (nSPS) is 13.0. The molecule has 0 saturated heterocycles. The summed E-state index contributed by atoms with van der Waals surface area (Å²) in [6, 6.07) is 16.4. The van der Waals surface area contributed by atoms with Gasteiger partial charge in [-0.3, -0.25) is 4.99 Å². The zero-order chi connectivity index (χ0) is 20.6. The highest BCUT2D eigenvalue weighted by atomic mass is 16.5. The molecule has 0 heterocycles. The number of hydrogen-bond donors (Lipinski definition) is 3. The predicted octanol–water partition coefficient (Wildman–Crippen LogP) is 3.82. The van der Waals surface area contributed by atoms with Gasteiger partial charge in [0.1, 0.15) is 0 Å². The maximum absolute atomic E-state index is 5.36. The molecule has 6 nitrogen and oxygen atoms in total. The fourth-order valence-electron chi connectivity index (χ4n) is 3.00. The molecule has 0 bridgehead atoms. The van der Waals surface area contributed by atoms with E-state index < -0.39 is 0 Å². The van der Waals surface area contributed by atoms with Gasteiger partial charge in [0, 0.05) is 36.9 Å². The van der Waals surface area contributed by atoms with Crippen LogP contribution >= 0.6 is 0 Å². The minimum atomic E-state index is -0.134. The van der Waals surface area contributed by atoms with Crippen molar-refractivity contribution in [2.75, 3.05) is 33.1 Å². The van der Waals surface area contributed by atoms with E-state index in [1.165, 1.54) is 5.56 Å². The SMILES string of the molecule is CN=C(NCC(C)(C)NC(C)c1ccccc1)Nc1ccc(OC)c(OC)c1. The molecule has 28 heavy (non-hydrogen) atoms. The van der Waals surface area contributed by atoms with Crippen molar-refractivity contribution in [3.8, 4) is 11.5 Å². The Bertz CT molecular complexity index is 775. The maximum atomic E-state index is 5.36. The molecule has 0 amide bonds. The van der Waals surface area contributed by atoms with Crippen LogP contribution in [-0.4, -0.2) is 39.3 Å². The van der Waals surface area contributed by atoms with E-state index in [1.807, 2.05) is 24.3 Å². The summed E-state index contributed by atoms with van der Waals surface area (Å²) in [5.74, 6) is 2.05. The van der Waals surface area contributed by atoms with E-state index in [9.17, 15) is 0 Å². The van der Waals surface area contributed by atoms with Crippen molar-refractivity contribution in [2.45, 2.75) is 32.4 Å². The highest BCUT2D eigenvalue weighted by Crippen LogP contribution is 2.29. The van der Waals surface area contributed by atoms with Crippen molar-refractivity contribution in [3.05, 3.63) is 54.1 Å². The van der Waals surface area contributed by atoms with Crippen molar-refractivity contribution in [1.82, 2.24) is 10.6 Å². The second-order valence-corrected chi connectivity index (χ2v) is 7.28. The Hall–Kier alpha value is -2.73. The van der Waals surface area contributed by atoms with Crippen molar-refractivity contribution >= 4 is 11.6 Å². The molecule has 0 saturated carbocycles. The van der Waals surface area contributed by atoms with Gasteiger partial charge < -0.3 is 25.4 Å². The van der Waals surface area contributed by atoms with Crippen LogP contribution in [0.5, 0.6) is 11.5 Å². The van der Waals surface area contributed by atoms with Crippen molar-refractivity contribution in [2.24, 2.45) is 4.99 Å². The molecule has 2 aromatic rings. The predicted molar refractivity (Wildman–Crippen MR) is 117 cm³/mol. The largest absolute Gasteiger partial charge is 0.493 e. The third kappa shape index (κ3) is 6.16. The Balaban J connectivity index is 1.95. The van der Waals surface area contributed by atoms with Gasteiger partial charge in [0.25, 0.3) is 0 Å². The molecule has 0 spiro atoms. The average molecular weight is 385 g/mol. The Labute approximate surface area is 168 Å². The van der Waals surface area contributed by atoms with Crippen molar-refractivity contribution in [1.29, 1.82) is 0 Å². The Morgan fingerprint density at radius 2 is 1.71 bits per heavy atom. The second-order valence-electron chi connectivity index (χ2n) is 7.28. The molecule has 0 aliphatic carbocycles. The number of hydrogen-bond acceptors (Lipinski definition) is 4. The van der Waals surface area contributed by atoms with Crippen LogP contribution in [0.3, 0.4) is 0 Å². The summed E-state index contributed by atoms with van der Waals surface area (Å²) in [5, 5.41) is 10.3. The lowest BCUT2D eigenvalue weighted by molar-refractivity contribution is 0.346. The van der Waals surface area contributed by atoms with Crippen molar-refractivity contribution < 1.29 is 9.47 Å². The van der Waals surface area contributed by atoms with Crippen LogP contribution in [0, 0.1) is 0 Å². The minimum absolute atomic E-state index is 0.134. The minimum Gasteiger partial charge on any atom is -0.493 e. The molecule has 0 aliphatic heterocycles. The van der Waals surface area contributed by atoms with Crippen LogP contribution in [-0.2, 0) is 0 Å². The van der Waals surface area contributed by atoms with Gasteiger partial charge in [-0.25, -0.2) is 0 Å². The molecule has 1 unspecified atom stereocenters. The number of aliphatic imine (C=N–C) groups is 1. The van der Waals surface area contributed by atoms with Gasteiger partial charge in [-0.15, -0.1) is 0 Å². The van der Waals surface area contributed by atoms with Crippen LogP contribution in [0.25, 0.3) is 0 Å². The number of guanidine groups is 1. The topological polar surface area (TPSA) is 66.9 Å². The number of methoxy groups -OCH3 is 2. The van der Waals surface area contributed by atoms with Gasteiger partial charge in [-0.2, -0.15) is 0 Å². The van der Waals surface area contributed by atoms with E-state index in [0.717, 1.165) is 5.69 Å². The number of benzene rings is 2. The first-order valence-electron chi connectivity index (χ1n) is 9.41. The fraction of sp³-hybridized carbons (Fsp3) is 0.409. The Morgan fingerprint density at radius 3 is 2.32 bits per heavy atom. The third-order valence-electron chi connectivity index (χ3n) is 4.47. The molecular weight excluding hydrogens is 352 g/mol.